The van der Waals surface area contributed by atoms with Crippen molar-refractivity contribution >= 4 is 33.2 Å². The van der Waals surface area contributed by atoms with Gasteiger partial charge in [-0.15, -0.1) is 0 Å². The Kier molecular flexibility index (Phi) is 6.90. The molecule has 7 heteroatoms. The molecule has 0 saturated carbocycles. The zero-order valence-electron chi connectivity index (χ0n) is 17.9. The largest absolute Gasteiger partial charge is 0.321 e. The molecule has 1 aliphatic rings. The Bertz CT molecular complexity index is 1050. The summed E-state index contributed by atoms with van der Waals surface area (Å²) in [6, 6.07) is 10.3. The molecule has 1 unspecified atom stereocenters. The van der Waals surface area contributed by atoms with Gasteiger partial charge in [-0.1, -0.05) is 50.6 Å². The van der Waals surface area contributed by atoms with Gasteiger partial charge in [0.2, 0.25) is 10.0 Å². The van der Waals surface area contributed by atoms with Crippen LogP contribution in [0.1, 0.15) is 61.0 Å². The summed E-state index contributed by atoms with van der Waals surface area (Å²) in [4.78, 5) is 13.0. The number of halogens is 1. The Morgan fingerprint density at radius 3 is 2.63 bits per heavy atom. The van der Waals surface area contributed by atoms with Gasteiger partial charge in [-0.3, -0.25) is 4.79 Å². The molecule has 0 spiro atoms. The summed E-state index contributed by atoms with van der Waals surface area (Å²) in [6.45, 7) is 9.06. The first kappa shape index (κ1) is 22.8. The van der Waals surface area contributed by atoms with Crippen LogP contribution in [-0.4, -0.2) is 31.7 Å². The number of hydrogen-bond acceptors (Lipinski definition) is 3. The van der Waals surface area contributed by atoms with Gasteiger partial charge < -0.3 is 5.32 Å². The Labute approximate surface area is 184 Å². The molecule has 0 radical (unpaired) electrons. The lowest BCUT2D eigenvalue weighted by Crippen LogP contribution is -2.39. The topological polar surface area (TPSA) is 66.5 Å². The van der Waals surface area contributed by atoms with Gasteiger partial charge >= 0.3 is 0 Å². The van der Waals surface area contributed by atoms with Crippen molar-refractivity contribution in [3.8, 4) is 0 Å². The number of rotatable bonds is 5. The van der Waals surface area contributed by atoms with Crippen LogP contribution in [-0.2, 0) is 10.0 Å². The molecule has 0 aromatic heterocycles. The highest BCUT2D eigenvalue weighted by atomic mass is 35.5. The first-order valence-electron chi connectivity index (χ1n) is 10.3. The van der Waals surface area contributed by atoms with Gasteiger partial charge in [-0.25, -0.2) is 8.42 Å². The van der Waals surface area contributed by atoms with Crippen LogP contribution in [0.2, 0.25) is 5.02 Å². The van der Waals surface area contributed by atoms with E-state index in [9.17, 15) is 13.2 Å². The number of hydrogen-bond donors (Lipinski definition) is 1. The highest BCUT2D eigenvalue weighted by Gasteiger charge is 2.31. The third kappa shape index (κ3) is 4.71. The molecule has 1 aliphatic heterocycles. The maximum atomic E-state index is 13.2. The number of anilines is 1. The standard InChI is InChI=1S/C23H29ClN2O3S/c1-15(2)19-9-5-8-17(4)22(19)25-23(27)18-10-11-20(24)21(13-18)30(28,29)26-12-6-7-16(3)14-26/h5,8-11,13,15-16H,6-7,12,14H2,1-4H3,(H,25,27). The average molecular weight is 449 g/mol. The molecular weight excluding hydrogens is 420 g/mol. The second kappa shape index (κ2) is 9.08. The van der Waals surface area contributed by atoms with Crippen molar-refractivity contribution in [3.05, 3.63) is 58.1 Å². The van der Waals surface area contributed by atoms with E-state index in [-0.39, 0.29) is 27.3 Å². The molecule has 1 amide bonds. The van der Waals surface area contributed by atoms with Crippen molar-refractivity contribution in [1.82, 2.24) is 4.31 Å². The van der Waals surface area contributed by atoms with E-state index in [2.05, 4.69) is 19.2 Å². The molecule has 0 bridgehead atoms. The molecule has 2 aromatic rings. The summed E-state index contributed by atoms with van der Waals surface area (Å²) in [7, 11) is -3.76. The number of sulfonamides is 1. The maximum Gasteiger partial charge on any atom is 0.255 e. The van der Waals surface area contributed by atoms with Crippen LogP contribution in [0.25, 0.3) is 0 Å². The van der Waals surface area contributed by atoms with Crippen LogP contribution in [0.3, 0.4) is 0 Å². The van der Waals surface area contributed by atoms with Crippen molar-refractivity contribution < 1.29 is 13.2 Å². The number of nitrogens with one attached hydrogen (secondary N) is 1. The molecule has 5 nitrogen and oxygen atoms in total. The minimum absolute atomic E-state index is 0.0141. The van der Waals surface area contributed by atoms with Gasteiger partial charge in [-0.05, 0) is 60.9 Å². The van der Waals surface area contributed by atoms with Gasteiger partial charge in [0, 0.05) is 24.3 Å². The number of benzene rings is 2. The molecule has 1 fully saturated rings. The minimum Gasteiger partial charge on any atom is -0.321 e. The molecule has 0 aliphatic carbocycles. The fourth-order valence-electron chi connectivity index (χ4n) is 3.87. The third-order valence-electron chi connectivity index (χ3n) is 5.60. The van der Waals surface area contributed by atoms with Crippen LogP contribution in [0.5, 0.6) is 0 Å². The number of para-hydroxylation sites is 1. The van der Waals surface area contributed by atoms with E-state index in [1.54, 1.807) is 6.07 Å². The van der Waals surface area contributed by atoms with E-state index >= 15 is 0 Å². The number of aryl methyl sites for hydroxylation is 1. The Balaban J connectivity index is 1.93. The lowest BCUT2D eigenvalue weighted by atomic mass is 9.98. The number of amides is 1. The van der Waals surface area contributed by atoms with Gasteiger partial charge in [0.25, 0.3) is 5.91 Å². The van der Waals surface area contributed by atoms with Gasteiger partial charge in [-0.2, -0.15) is 4.31 Å². The predicted octanol–water partition coefficient (Wildman–Crippen LogP) is 5.44. The molecule has 2 aromatic carbocycles. The van der Waals surface area contributed by atoms with E-state index in [0.717, 1.165) is 29.7 Å². The van der Waals surface area contributed by atoms with Gasteiger partial charge in [0.15, 0.2) is 0 Å². The lowest BCUT2D eigenvalue weighted by molar-refractivity contribution is 0.102. The summed E-state index contributed by atoms with van der Waals surface area (Å²) in [5.74, 6) is 0.183. The first-order chi connectivity index (χ1) is 14.1. The lowest BCUT2D eigenvalue weighted by Gasteiger charge is -2.30. The summed E-state index contributed by atoms with van der Waals surface area (Å²) in [6.07, 6.45) is 1.83. The summed E-state index contributed by atoms with van der Waals surface area (Å²) in [5, 5.41) is 3.10. The SMILES string of the molecule is Cc1cccc(C(C)C)c1NC(=O)c1ccc(Cl)c(S(=O)(=O)N2CCCC(C)C2)c1. The predicted molar refractivity (Wildman–Crippen MR) is 122 cm³/mol. The quantitative estimate of drug-likeness (QED) is 0.661. The molecule has 1 atom stereocenters. The fourth-order valence-corrected chi connectivity index (χ4v) is 5.97. The van der Waals surface area contributed by atoms with E-state index < -0.39 is 10.0 Å². The highest BCUT2D eigenvalue weighted by Crippen LogP contribution is 2.31. The minimum atomic E-state index is -3.76. The van der Waals surface area contributed by atoms with Crippen LogP contribution in [0, 0.1) is 12.8 Å². The average Bonchev–Trinajstić information content (AvgIpc) is 2.69. The highest BCUT2D eigenvalue weighted by molar-refractivity contribution is 7.89. The first-order valence-corrected chi connectivity index (χ1v) is 12.1. The third-order valence-corrected chi connectivity index (χ3v) is 7.94. The van der Waals surface area contributed by atoms with Crippen molar-refractivity contribution in [1.29, 1.82) is 0 Å². The van der Waals surface area contributed by atoms with Crippen LogP contribution < -0.4 is 5.32 Å². The normalized spacial score (nSPS) is 17.9. The Morgan fingerprint density at radius 1 is 1.23 bits per heavy atom. The van der Waals surface area contributed by atoms with Crippen LogP contribution in [0.15, 0.2) is 41.3 Å². The number of carbonyl (C=O) groups excluding carboxylic acids is 1. The van der Waals surface area contributed by atoms with E-state index in [1.165, 1.54) is 16.4 Å². The van der Waals surface area contributed by atoms with Gasteiger partial charge in [0.1, 0.15) is 4.90 Å². The number of carbonyl (C=O) groups is 1. The van der Waals surface area contributed by atoms with Crippen molar-refractivity contribution in [2.45, 2.75) is 51.3 Å². The number of nitrogens with zero attached hydrogens (tertiary/aromatic N) is 1. The monoisotopic (exact) mass is 448 g/mol. The summed E-state index contributed by atoms with van der Waals surface area (Å²) < 4.78 is 27.9. The smallest absolute Gasteiger partial charge is 0.255 e. The van der Waals surface area contributed by atoms with E-state index in [4.69, 9.17) is 11.6 Å². The molecule has 3 rings (SSSR count). The summed E-state index contributed by atoms with van der Waals surface area (Å²) >= 11 is 6.26. The number of piperidine rings is 1. The zero-order valence-corrected chi connectivity index (χ0v) is 19.5. The second-order valence-electron chi connectivity index (χ2n) is 8.40. The fraction of sp³-hybridized carbons (Fsp3) is 0.435. The van der Waals surface area contributed by atoms with Crippen LogP contribution >= 0.6 is 11.6 Å². The second-order valence-corrected chi connectivity index (χ2v) is 10.7. The molecule has 1 heterocycles. The van der Waals surface area contributed by atoms with Crippen molar-refractivity contribution in [3.63, 3.8) is 0 Å². The molecule has 30 heavy (non-hydrogen) atoms. The molecule has 162 valence electrons. The van der Waals surface area contributed by atoms with Crippen molar-refractivity contribution in [2.24, 2.45) is 5.92 Å². The Morgan fingerprint density at radius 2 is 1.97 bits per heavy atom. The zero-order chi connectivity index (χ0) is 22.1. The van der Waals surface area contributed by atoms with Crippen molar-refractivity contribution in [2.75, 3.05) is 18.4 Å². The van der Waals surface area contributed by atoms with E-state index in [1.807, 2.05) is 32.0 Å². The van der Waals surface area contributed by atoms with E-state index in [0.29, 0.717) is 19.0 Å². The van der Waals surface area contributed by atoms with Gasteiger partial charge in [0.05, 0.1) is 5.02 Å². The summed E-state index contributed by atoms with van der Waals surface area (Å²) in [5.41, 5.74) is 3.02. The molecular formula is C23H29ClN2O3S. The molecule has 1 saturated heterocycles. The van der Waals surface area contributed by atoms with Crippen LogP contribution in [0.4, 0.5) is 5.69 Å². The maximum absolute atomic E-state index is 13.2. The molecule has 1 N–H and O–H groups in total. The Hall–Kier alpha value is -1.89.